The van der Waals surface area contributed by atoms with Gasteiger partial charge in [0.1, 0.15) is 6.54 Å². The second-order valence-electron chi connectivity index (χ2n) is 6.27. The van der Waals surface area contributed by atoms with Crippen LogP contribution in [0.2, 0.25) is 0 Å². The molecule has 146 valence electrons. The Hall–Kier alpha value is -1.40. The van der Waals surface area contributed by atoms with Crippen LogP contribution in [0.25, 0.3) is 0 Å². The molecule has 10 heteroatoms. The van der Waals surface area contributed by atoms with Gasteiger partial charge in [-0.1, -0.05) is 0 Å². The van der Waals surface area contributed by atoms with Crippen LogP contribution in [-0.4, -0.2) is 97.5 Å². The Bertz CT molecular complexity index is 615. The summed E-state index contributed by atoms with van der Waals surface area (Å²) in [6.45, 7) is 7.03. The van der Waals surface area contributed by atoms with Crippen LogP contribution < -0.4 is 10.2 Å². The van der Waals surface area contributed by atoms with E-state index < -0.39 is 0 Å². The molecule has 0 aliphatic carbocycles. The Labute approximate surface area is 171 Å². The van der Waals surface area contributed by atoms with Gasteiger partial charge in [-0.3, -0.25) is 19.4 Å². The van der Waals surface area contributed by atoms with Crippen LogP contribution in [0.4, 0.5) is 5.69 Å². The third-order valence-electron chi connectivity index (χ3n) is 4.55. The van der Waals surface area contributed by atoms with E-state index in [1.165, 1.54) is 0 Å². The molecule has 0 saturated carbocycles. The SMILES string of the molecule is CN=C(NCCN1CCOCC1)N1CCN(c2cnn(C)c2)C(=O)C1.I. The molecule has 2 saturated heterocycles. The van der Waals surface area contributed by atoms with Gasteiger partial charge in [-0.05, 0) is 0 Å². The van der Waals surface area contributed by atoms with Gasteiger partial charge in [0.2, 0.25) is 5.91 Å². The van der Waals surface area contributed by atoms with Gasteiger partial charge in [0.05, 0.1) is 25.1 Å². The van der Waals surface area contributed by atoms with Gasteiger partial charge >= 0.3 is 0 Å². The Morgan fingerprint density at radius 2 is 2.08 bits per heavy atom. The molecule has 0 radical (unpaired) electrons. The van der Waals surface area contributed by atoms with E-state index in [0.717, 1.165) is 57.6 Å². The molecule has 1 aromatic rings. The summed E-state index contributed by atoms with van der Waals surface area (Å²) in [5.41, 5.74) is 0.849. The first-order valence-electron chi connectivity index (χ1n) is 8.72. The first kappa shape index (κ1) is 20.9. The first-order chi connectivity index (χ1) is 12.2. The van der Waals surface area contributed by atoms with E-state index >= 15 is 0 Å². The quantitative estimate of drug-likeness (QED) is 0.361. The predicted molar refractivity (Wildman–Crippen MR) is 111 cm³/mol. The number of rotatable bonds is 4. The van der Waals surface area contributed by atoms with Crippen molar-refractivity contribution in [1.82, 2.24) is 24.9 Å². The number of aromatic nitrogens is 2. The number of hydrogen-bond donors (Lipinski definition) is 1. The summed E-state index contributed by atoms with van der Waals surface area (Å²) < 4.78 is 7.07. The minimum absolute atomic E-state index is 0. The van der Waals surface area contributed by atoms with Crippen LogP contribution in [-0.2, 0) is 16.6 Å². The van der Waals surface area contributed by atoms with Crippen molar-refractivity contribution < 1.29 is 9.53 Å². The van der Waals surface area contributed by atoms with Gasteiger partial charge in [-0.25, -0.2) is 0 Å². The lowest BCUT2D eigenvalue weighted by Crippen LogP contribution is -2.56. The number of carbonyl (C=O) groups excluding carboxylic acids is 1. The lowest BCUT2D eigenvalue weighted by molar-refractivity contribution is -0.120. The van der Waals surface area contributed by atoms with E-state index in [1.54, 1.807) is 22.8 Å². The molecule has 0 aromatic carbocycles. The van der Waals surface area contributed by atoms with Crippen molar-refractivity contribution in [3.05, 3.63) is 12.4 Å². The molecule has 0 spiro atoms. The van der Waals surface area contributed by atoms with E-state index in [2.05, 4.69) is 20.3 Å². The molecule has 0 atom stereocenters. The van der Waals surface area contributed by atoms with Crippen molar-refractivity contribution in [3.8, 4) is 0 Å². The van der Waals surface area contributed by atoms with Gasteiger partial charge in [-0.2, -0.15) is 5.10 Å². The molecule has 26 heavy (non-hydrogen) atoms. The number of guanidine groups is 1. The van der Waals surface area contributed by atoms with Crippen molar-refractivity contribution in [2.75, 3.05) is 71.0 Å². The van der Waals surface area contributed by atoms with Crippen molar-refractivity contribution in [3.63, 3.8) is 0 Å². The van der Waals surface area contributed by atoms with E-state index in [-0.39, 0.29) is 29.9 Å². The van der Waals surface area contributed by atoms with E-state index in [1.807, 2.05) is 18.1 Å². The van der Waals surface area contributed by atoms with Crippen LogP contribution in [0, 0.1) is 0 Å². The number of anilines is 1. The second-order valence-corrected chi connectivity index (χ2v) is 6.27. The zero-order valence-electron chi connectivity index (χ0n) is 15.4. The number of aliphatic imine (C=N–C) groups is 1. The Morgan fingerprint density at radius 1 is 1.31 bits per heavy atom. The largest absolute Gasteiger partial charge is 0.379 e. The third kappa shape index (κ3) is 5.30. The van der Waals surface area contributed by atoms with Crippen LogP contribution in [0.15, 0.2) is 17.4 Å². The molecule has 0 unspecified atom stereocenters. The van der Waals surface area contributed by atoms with Crippen molar-refractivity contribution in [1.29, 1.82) is 0 Å². The van der Waals surface area contributed by atoms with Gasteiger partial charge in [0.25, 0.3) is 0 Å². The lowest BCUT2D eigenvalue weighted by Gasteiger charge is -2.35. The number of carbonyl (C=O) groups is 1. The Kier molecular flexibility index (Phi) is 8.10. The van der Waals surface area contributed by atoms with Crippen molar-refractivity contribution in [2.24, 2.45) is 12.0 Å². The van der Waals surface area contributed by atoms with Gasteiger partial charge in [-0.15, -0.1) is 24.0 Å². The molecule has 0 bridgehead atoms. The standard InChI is InChI=1S/C16H27N7O2.HI/c1-17-16(18-3-4-21-7-9-25-10-8-21)22-5-6-23(15(24)13-22)14-11-19-20(2)12-14;/h11-12H,3-10,13H2,1-2H3,(H,17,18);1H. The highest BCUT2D eigenvalue weighted by Crippen LogP contribution is 2.15. The zero-order chi connectivity index (χ0) is 17.6. The van der Waals surface area contributed by atoms with E-state index in [0.29, 0.717) is 13.1 Å². The van der Waals surface area contributed by atoms with Gasteiger partial charge in [0, 0.05) is 59.6 Å². The summed E-state index contributed by atoms with van der Waals surface area (Å²) in [4.78, 5) is 23.0. The molecule has 2 fully saturated rings. The zero-order valence-corrected chi connectivity index (χ0v) is 17.8. The average molecular weight is 477 g/mol. The maximum Gasteiger partial charge on any atom is 0.246 e. The maximum absolute atomic E-state index is 12.5. The molecule has 2 aliphatic heterocycles. The average Bonchev–Trinajstić information content (AvgIpc) is 3.05. The topological polar surface area (TPSA) is 78.2 Å². The molecule has 1 N–H and O–H groups in total. The summed E-state index contributed by atoms with van der Waals surface area (Å²) in [5, 5.41) is 7.51. The molecule has 3 rings (SSSR count). The number of hydrogen-bond acceptors (Lipinski definition) is 5. The first-order valence-corrected chi connectivity index (χ1v) is 8.72. The van der Waals surface area contributed by atoms with Crippen LogP contribution in [0.1, 0.15) is 0 Å². The summed E-state index contributed by atoms with van der Waals surface area (Å²) in [6.07, 6.45) is 3.59. The fourth-order valence-corrected chi connectivity index (χ4v) is 3.16. The molecular weight excluding hydrogens is 449 g/mol. The number of halogens is 1. The fourth-order valence-electron chi connectivity index (χ4n) is 3.16. The highest BCUT2D eigenvalue weighted by Gasteiger charge is 2.27. The summed E-state index contributed by atoms with van der Waals surface area (Å²) >= 11 is 0. The number of ether oxygens (including phenoxy) is 1. The second kappa shape index (κ2) is 10.1. The summed E-state index contributed by atoms with van der Waals surface area (Å²) in [5.74, 6) is 0.850. The van der Waals surface area contributed by atoms with Crippen molar-refractivity contribution in [2.45, 2.75) is 0 Å². The molecule has 9 nitrogen and oxygen atoms in total. The number of nitrogens with zero attached hydrogens (tertiary/aromatic N) is 6. The number of amides is 1. The van der Waals surface area contributed by atoms with Crippen molar-refractivity contribution >= 4 is 41.5 Å². The predicted octanol–water partition coefficient (Wildman–Crippen LogP) is -0.406. The highest BCUT2D eigenvalue weighted by atomic mass is 127. The molecular formula is C16H28IN7O2. The molecule has 3 heterocycles. The van der Waals surface area contributed by atoms with E-state index in [9.17, 15) is 4.79 Å². The molecule has 1 amide bonds. The molecule has 2 aliphatic rings. The van der Waals surface area contributed by atoms with Gasteiger partial charge < -0.3 is 19.9 Å². The van der Waals surface area contributed by atoms with E-state index in [4.69, 9.17) is 4.74 Å². The van der Waals surface area contributed by atoms with Crippen LogP contribution in [0.5, 0.6) is 0 Å². The Morgan fingerprint density at radius 3 is 2.69 bits per heavy atom. The van der Waals surface area contributed by atoms with Gasteiger partial charge in [0.15, 0.2) is 5.96 Å². The van der Waals surface area contributed by atoms with Crippen LogP contribution in [0.3, 0.4) is 0 Å². The normalized spacial score (nSPS) is 19.5. The Balaban J connectivity index is 0.00000243. The monoisotopic (exact) mass is 477 g/mol. The number of aryl methyl sites for hydroxylation is 1. The van der Waals surface area contributed by atoms with Crippen LogP contribution >= 0.6 is 24.0 Å². The third-order valence-corrected chi connectivity index (χ3v) is 4.55. The number of morpholine rings is 1. The molecule has 1 aromatic heterocycles. The summed E-state index contributed by atoms with van der Waals surface area (Å²) in [7, 11) is 3.61. The maximum atomic E-state index is 12.5. The summed E-state index contributed by atoms with van der Waals surface area (Å²) in [6, 6.07) is 0. The highest BCUT2D eigenvalue weighted by molar-refractivity contribution is 14.0. The number of piperazine rings is 1. The fraction of sp³-hybridized carbons (Fsp3) is 0.688. The minimum Gasteiger partial charge on any atom is -0.379 e. The smallest absolute Gasteiger partial charge is 0.246 e. The minimum atomic E-state index is 0. The lowest BCUT2D eigenvalue weighted by atomic mass is 10.3. The number of nitrogens with one attached hydrogen (secondary N) is 1.